The summed E-state index contributed by atoms with van der Waals surface area (Å²) in [6.07, 6.45) is 3.92. The third-order valence-electron chi connectivity index (χ3n) is 2.58. The number of likely N-dealkylation sites (tertiary alicyclic amines) is 1. The van der Waals surface area contributed by atoms with Crippen LogP contribution < -0.4 is 0 Å². The van der Waals surface area contributed by atoms with Gasteiger partial charge in [0.25, 0.3) is 0 Å². The molecule has 1 unspecified atom stereocenters. The molecular formula is C9H17NO2. The van der Waals surface area contributed by atoms with Crippen molar-refractivity contribution in [3.05, 3.63) is 0 Å². The summed E-state index contributed by atoms with van der Waals surface area (Å²) in [5.74, 6) is -0.684. The molecular weight excluding hydrogens is 154 g/mol. The summed E-state index contributed by atoms with van der Waals surface area (Å²) in [7, 11) is 0. The van der Waals surface area contributed by atoms with Crippen molar-refractivity contribution < 1.29 is 9.90 Å². The van der Waals surface area contributed by atoms with Gasteiger partial charge in [-0.2, -0.15) is 0 Å². The Hall–Kier alpha value is -0.570. The first-order valence-electron chi connectivity index (χ1n) is 4.70. The fourth-order valence-corrected chi connectivity index (χ4v) is 1.89. The summed E-state index contributed by atoms with van der Waals surface area (Å²) >= 11 is 0. The van der Waals surface area contributed by atoms with Crippen molar-refractivity contribution in [1.29, 1.82) is 0 Å². The van der Waals surface area contributed by atoms with Crippen LogP contribution in [0.25, 0.3) is 0 Å². The SMILES string of the molecule is CCC1CCCN1CCC(=O)O. The maximum Gasteiger partial charge on any atom is 0.304 e. The predicted molar refractivity (Wildman–Crippen MR) is 47.1 cm³/mol. The van der Waals surface area contributed by atoms with E-state index < -0.39 is 5.97 Å². The van der Waals surface area contributed by atoms with E-state index in [1.165, 1.54) is 12.8 Å². The van der Waals surface area contributed by atoms with Gasteiger partial charge >= 0.3 is 5.97 Å². The molecule has 1 aliphatic heterocycles. The summed E-state index contributed by atoms with van der Waals surface area (Å²) in [6, 6.07) is 0.643. The van der Waals surface area contributed by atoms with E-state index in [1.54, 1.807) is 0 Å². The molecule has 1 N–H and O–H groups in total. The first kappa shape index (κ1) is 9.52. The summed E-state index contributed by atoms with van der Waals surface area (Å²) in [6.45, 7) is 3.99. The van der Waals surface area contributed by atoms with Crippen LogP contribution in [0.15, 0.2) is 0 Å². The molecule has 0 aliphatic carbocycles. The quantitative estimate of drug-likeness (QED) is 0.693. The molecule has 1 atom stereocenters. The van der Waals surface area contributed by atoms with Gasteiger partial charge < -0.3 is 5.11 Å². The van der Waals surface area contributed by atoms with Crippen molar-refractivity contribution in [3.63, 3.8) is 0 Å². The first-order valence-corrected chi connectivity index (χ1v) is 4.70. The van der Waals surface area contributed by atoms with E-state index in [0.29, 0.717) is 6.04 Å². The molecule has 0 aromatic carbocycles. The lowest BCUT2D eigenvalue weighted by Crippen LogP contribution is -2.30. The van der Waals surface area contributed by atoms with Gasteiger partial charge in [-0.25, -0.2) is 0 Å². The number of nitrogens with zero attached hydrogens (tertiary/aromatic N) is 1. The number of carbonyl (C=O) groups is 1. The third-order valence-corrected chi connectivity index (χ3v) is 2.58. The minimum Gasteiger partial charge on any atom is -0.481 e. The number of hydrogen-bond donors (Lipinski definition) is 1. The fourth-order valence-electron chi connectivity index (χ4n) is 1.89. The number of aliphatic carboxylic acids is 1. The Kier molecular flexibility index (Phi) is 3.53. The Morgan fingerprint density at radius 3 is 3.00 bits per heavy atom. The number of rotatable bonds is 4. The molecule has 1 saturated heterocycles. The molecule has 0 bridgehead atoms. The zero-order chi connectivity index (χ0) is 8.97. The van der Waals surface area contributed by atoms with Crippen LogP contribution >= 0.6 is 0 Å². The van der Waals surface area contributed by atoms with Crippen LogP contribution in [0.4, 0.5) is 0 Å². The van der Waals surface area contributed by atoms with Gasteiger partial charge in [-0.3, -0.25) is 9.69 Å². The first-order chi connectivity index (χ1) is 5.74. The molecule has 12 heavy (non-hydrogen) atoms. The molecule has 0 aromatic rings. The van der Waals surface area contributed by atoms with E-state index in [1.807, 2.05) is 0 Å². The normalized spacial score (nSPS) is 24.6. The smallest absolute Gasteiger partial charge is 0.304 e. The Bertz CT molecular complexity index is 159. The molecule has 0 radical (unpaired) electrons. The van der Waals surface area contributed by atoms with Crippen LogP contribution in [0.1, 0.15) is 32.6 Å². The van der Waals surface area contributed by atoms with Gasteiger partial charge in [0.2, 0.25) is 0 Å². The molecule has 1 heterocycles. The summed E-state index contributed by atoms with van der Waals surface area (Å²) in [4.78, 5) is 12.6. The minimum atomic E-state index is -0.684. The van der Waals surface area contributed by atoms with E-state index in [0.717, 1.165) is 19.5 Å². The van der Waals surface area contributed by atoms with E-state index in [2.05, 4.69) is 11.8 Å². The van der Waals surface area contributed by atoms with Gasteiger partial charge in [-0.05, 0) is 25.8 Å². The molecule has 0 spiro atoms. The largest absolute Gasteiger partial charge is 0.481 e. The highest BCUT2D eigenvalue weighted by atomic mass is 16.4. The van der Waals surface area contributed by atoms with E-state index in [4.69, 9.17) is 5.11 Å². The van der Waals surface area contributed by atoms with Crippen LogP contribution in [0.5, 0.6) is 0 Å². The topological polar surface area (TPSA) is 40.5 Å². The average molecular weight is 171 g/mol. The van der Waals surface area contributed by atoms with Crippen LogP contribution in [0, 0.1) is 0 Å². The lowest BCUT2D eigenvalue weighted by molar-refractivity contribution is -0.137. The lowest BCUT2D eigenvalue weighted by atomic mass is 10.2. The Morgan fingerprint density at radius 1 is 1.67 bits per heavy atom. The van der Waals surface area contributed by atoms with Crippen LogP contribution in [-0.2, 0) is 4.79 Å². The van der Waals surface area contributed by atoms with Crippen molar-refractivity contribution >= 4 is 5.97 Å². The maximum absolute atomic E-state index is 10.3. The molecule has 1 fully saturated rings. The second kappa shape index (κ2) is 4.45. The highest BCUT2D eigenvalue weighted by molar-refractivity contribution is 5.66. The Morgan fingerprint density at radius 2 is 2.42 bits per heavy atom. The molecule has 1 rings (SSSR count). The average Bonchev–Trinajstić information content (AvgIpc) is 2.47. The van der Waals surface area contributed by atoms with Gasteiger partial charge in [-0.1, -0.05) is 6.92 Å². The Balaban J connectivity index is 2.26. The monoisotopic (exact) mass is 171 g/mol. The van der Waals surface area contributed by atoms with Gasteiger partial charge in [0.1, 0.15) is 0 Å². The van der Waals surface area contributed by atoms with Gasteiger partial charge in [-0.15, -0.1) is 0 Å². The standard InChI is InChI=1S/C9H17NO2/c1-2-8-4-3-6-10(8)7-5-9(11)12/h8H,2-7H2,1H3,(H,11,12). The number of carboxylic acids is 1. The molecule has 0 amide bonds. The van der Waals surface area contributed by atoms with Gasteiger partial charge in [0.15, 0.2) is 0 Å². The Labute approximate surface area is 73.4 Å². The maximum atomic E-state index is 10.3. The van der Waals surface area contributed by atoms with Gasteiger partial charge in [0.05, 0.1) is 6.42 Å². The molecule has 70 valence electrons. The highest BCUT2D eigenvalue weighted by Gasteiger charge is 2.22. The second-order valence-electron chi connectivity index (χ2n) is 3.38. The summed E-state index contributed by atoms with van der Waals surface area (Å²) in [5.41, 5.74) is 0. The van der Waals surface area contributed by atoms with Crippen LogP contribution in [0.2, 0.25) is 0 Å². The number of hydrogen-bond acceptors (Lipinski definition) is 2. The minimum absolute atomic E-state index is 0.288. The third kappa shape index (κ3) is 2.48. The van der Waals surface area contributed by atoms with E-state index in [9.17, 15) is 4.79 Å². The van der Waals surface area contributed by atoms with E-state index in [-0.39, 0.29) is 6.42 Å². The lowest BCUT2D eigenvalue weighted by Gasteiger charge is -2.21. The van der Waals surface area contributed by atoms with Crippen LogP contribution in [-0.4, -0.2) is 35.1 Å². The second-order valence-corrected chi connectivity index (χ2v) is 3.38. The van der Waals surface area contributed by atoms with Crippen molar-refractivity contribution in [2.45, 2.75) is 38.6 Å². The zero-order valence-corrected chi connectivity index (χ0v) is 7.62. The van der Waals surface area contributed by atoms with Crippen molar-refractivity contribution in [1.82, 2.24) is 4.90 Å². The summed E-state index contributed by atoms with van der Waals surface area (Å²) < 4.78 is 0. The van der Waals surface area contributed by atoms with Gasteiger partial charge in [0, 0.05) is 12.6 Å². The fraction of sp³-hybridized carbons (Fsp3) is 0.889. The molecule has 0 aromatic heterocycles. The predicted octanol–water partition coefficient (Wildman–Crippen LogP) is 1.34. The van der Waals surface area contributed by atoms with Crippen molar-refractivity contribution in [2.75, 3.05) is 13.1 Å². The molecule has 0 saturated carbocycles. The molecule has 3 nitrogen and oxygen atoms in total. The van der Waals surface area contributed by atoms with Crippen molar-refractivity contribution in [2.24, 2.45) is 0 Å². The number of carboxylic acid groups (broad SMARTS) is 1. The van der Waals surface area contributed by atoms with Crippen molar-refractivity contribution in [3.8, 4) is 0 Å². The zero-order valence-electron chi connectivity index (χ0n) is 7.62. The summed E-state index contributed by atoms with van der Waals surface area (Å²) in [5, 5.41) is 8.51. The van der Waals surface area contributed by atoms with Crippen LogP contribution in [0.3, 0.4) is 0 Å². The highest BCUT2D eigenvalue weighted by Crippen LogP contribution is 2.19. The molecule has 3 heteroatoms. The molecule has 1 aliphatic rings. The van der Waals surface area contributed by atoms with E-state index >= 15 is 0 Å².